The van der Waals surface area contributed by atoms with Crippen molar-refractivity contribution >= 4 is 0 Å². The van der Waals surface area contributed by atoms with E-state index in [1.54, 1.807) is 0 Å². The third-order valence-electron chi connectivity index (χ3n) is 0.834. The third kappa shape index (κ3) is 4.35. The Morgan fingerprint density at radius 2 is 2.11 bits per heavy atom. The van der Waals surface area contributed by atoms with E-state index in [0.29, 0.717) is 0 Å². The molecule has 1 radical (unpaired) electrons. The van der Waals surface area contributed by atoms with Crippen LogP contribution in [0.3, 0.4) is 0 Å². The van der Waals surface area contributed by atoms with E-state index in [0.717, 1.165) is 0 Å². The molecule has 0 fully saturated rings. The molecule has 4 nitrogen and oxygen atoms in total. The highest BCUT2D eigenvalue weighted by molar-refractivity contribution is 4.50. The van der Waals surface area contributed by atoms with Gasteiger partial charge in [0.2, 0.25) is 0 Å². The molecule has 9 heavy (non-hydrogen) atoms. The number of hydrogen-bond acceptors (Lipinski definition) is 3. The summed E-state index contributed by atoms with van der Waals surface area (Å²) in [6.07, 6.45) is -0.655. The lowest BCUT2D eigenvalue weighted by Crippen LogP contribution is -2.22. The Morgan fingerprint density at radius 1 is 1.44 bits per heavy atom. The summed E-state index contributed by atoms with van der Waals surface area (Å²) in [5, 5.41) is 26.5. The van der Waals surface area contributed by atoms with Gasteiger partial charge in [-0.15, -0.1) is 0 Å². The summed E-state index contributed by atoms with van der Waals surface area (Å²) in [4.78, 5) is 0. The topological polar surface area (TPSA) is 69.6 Å². The van der Waals surface area contributed by atoms with Crippen LogP contribution in [-0.2, 0) is 9.84 Å². The fourth-order valence-electron chi connectivity index (χ4n) is 0.373. The molecule has 4 heteroatoms. The van der Waals surface area contributed by atoms with Crippen molar-refractivity contribution in [2.24, 2.45) is 0 Å². The molecule has 1 atom stereocenters. The molecule has 0 aromatic carbocycles. The first-order valence-corrected chi connectivity index (χ1v) is 2.76. The van der Waals surface area contributed by atoms with Crippen LogP contribution in [0.1, 0.15) is 0 Å². The Hall–Kier alpha value is -0.160. The lowest BCUT2D eigenvalue weighted by Gasteiger charge is -2.08. The van der Waals surface area contributed by atoms with Gasteiger partial charge in [-0.2, -0.15) is 0 Å². The van der Waals surface area contributed by atoms with Crippen molar-refractivity contribution in [1.82, 2.24) is 0 Å². The van der Waals surface area contributed by atoms with Gasteiger partial charge in [0, 0.05) is 0 Å². The van der Waals surface area contributed by atoms with Gasteiger partial charge in [0.05, 0.1) is 19.8 Å². The van der Waals surface area contributed by atoms with Crippen LogP contribution in [0.15, 0.2) is 0 Å². The van der Waals surface area contributed by atoms with Gasteiger partial charge in [-0.05, 0) is 0 Å². The van der Waals surface area contributed by atoms with E-state index in [-0.39, 0.29) is 19.8 Å². The normalized spacial score (nSPS) is 10.7. The maximum atomic E-state index is 10.0. The van der Waals surface area contributed by atoms with Crippen LogP contribution in [0.2, 0.25) is 0 Å². The lowest BCUT2D eigenvalue weighted by atomic mass is 10.4. The van der Waals surface area contributed by atoms with Crippen LogP contribution in [0.5, 0.6) is 0 Å². The van der Waals surface area contributed by atoms with Gasteiger partial charge >= 0.3 is 0 Å². The molecule has 55 valence electrons. The first-order chi connectivity index (χ1) is 4.35. The molecule has 0 rings (SSSR count). The minimum absolute atomic E-state index is 0.115. The summed E-state index contributed by atoms with van der Waals surface area (Å²) in [7, 11) is 0. The summed E-state index contributed by atoms with van der Waals surface area (Å²) >= 11 is 0. The highest BCUT2D eigenvalue weighted by atomic mass is 16.5. The zero-order valence-electron chi connectivity index (χ0n) is 5.12. The molecule has 0 bridgehead atoms. The van der Waals surface area contributed by atoms with E-state index in [2.05, 4.69) is 4.74 Å². The average Bonchev–Trinajstić information content (AvgIpc) is 1.91. The lowest BCUT2D eigenvalue weighted by molar-refractivity contribution is -0.0466. The maximum Gasteiger partial charge on any atom is 0.111 e. The molecule has 1 unspecified atom stereocenters. The molecule has 0 saturated carbocycles. The van der Waals surface area contributed by atoms with E-state index < -0.39 is 12.7 Å². The highest BCUT2D eigenvalue weighted by Gasteiger charge is 2.04. The van der Waals surface area contributed by atoms with Crippen molar-refractivity contribution in [2.75, 3.05) is 26.4 Å². The summed E-state index contributed by atoms with van der Waals surface area (Å²) in [6.45, 7) is -0.732. The quantitative estimate of drug-likeness (QED) is 0.496. The van der Waals surface area contributed by atoms with Gasteiger partial charge < -0.3 is 14.9 Å². The average molecular weight is 135 g/mol. The molecular formula is C5H11O4. The van der Waals surface area contributed by atoms with Crippen molar-refractivity contribution < 1.29 is 20.1 Å². The maximum absolute atomic E-state index is 10.0. The number of aliphatic hydroxyl groups excluding tert-OH is 2. The smallest absolute Gasteiger partial charge is 0.111 e. The summed E-state index contributed by atoms with van der Waals surface area (Å²) in [6, 6.07) is 0. The predicted molar refractivity (Wildman–Crippen MR) is 29.5 cm³/mol. The summed E-state index contributed by atoms with van der Waals surface area (Å²) in [5.41, 5.74) is 0. The van der Waals surface area contributed by atoms with Gasteiger partial charge in [-0.3, -0.25) is 0 Å². The van der Waals surface area contributed by atoms with Gasteiger partial charge in [0.25, 0.3) is 0 Å². The molecule has 0 amide bonds. The number of ether oxygens (including phenoxy) is 1. The van der Waals surface area contributed by atoms with E-state index in [4.69, 9.17) is 10.2 Å². The summed E-state index contributed by atoms with van der Waals surface area (Å²) in [5.74, 6) is 0. The zero-order valence-corrected chi connectivity index (χ0v) is 5.12. The van der Waals surface area contributed by atoms with Crippen LogP contribution in [0.25, 0.3) is 0 Å². The fraction of sp³-hybridized carbons (Fsp3) is 1.00. The van der Waals surface area contributed by atoms with Gasteiger partial charge in [0.1, 0.15) is 12.7 Å². The largest absolute Gasteiger partial charge is 0.394 e. The zero-order chi connectivity index (χ0) is 7.11. The van der Waals surface area contributed by atoms with Crippen LogP contribution < -0.4 is 0 Å². The molecule has 0 aliphatic heterocycles. The summed E-state index contributed by atoms with van der Waals surface area (Å²) < 4.78 is 4.68. The van der Waals surface area contributed by atoms with Crippen molar-refractivity contribution in [3.8, 4) is 0 Å². The van der Waals surface area contributed by atoms with Crippen LogP contribution in [-0.4, -0.2) is 42.7 Å². The van der Waals surface area contributed by atoms with Crippen molar-refractivity contribution in [2.45, 2.75) is 6.10 Å². The van der Waals surface area contributed by atoms with Gasteiger partial charge in [0.15, 0.2) is 0 Å². The Kier molecular flexibility index (Phi) is 5.86. The second-order valence-electron chi connectivity index (χ2n) is 1.57. The Morgan fingerprint density at radius 3 is 2.44 bits per heavy atom. The molecule has 0 aliphatic rings. The van der Waals surface area contributed by atoms with Gasteiger partial charge in [-0.1, -0.05) is 0 Å². The minimum Gasteiger partial charge on any atom is -0.394 e. The first kappa shape index (κ1) is 8.84. The predicted octanol–water partition coefficient (Wildman–Crippen LogP) is -1.21. The van der Waals surface area contributed by atoms with E-state index in [1.165, 1.54) is 0 Å². The Balaban J connectivity index is 3.09. The van der Waals surface area contributed by atoms with Crippen LogP contribution in [0, 0.1) is 0 Å². The molecule has 0 aromatic rings. The third-order valence-corrected chi connectivity index (χ3v) is 0.834. The standard InChI is InChI=1S/C5H11O4/c6-1-2-9-5(3-7)4-8/h5-7H,1-4H2. The molecule has 0 heterocycles. The molecule has 0 saturated heterocycles. The molecular weight excluding hydrogens is 124 g/mol. The van der Waals surface area contributed by atoms with E-state index in [9.17, 15) is 5.11 Å². The monoisotopic (exact) mass is 135 g/mol. The second-order valence-corrected chi connectivity index (χ2v) is 1.57. The van der Waals surface area contributed by atoms with Crippen LogP contribution >= 0.6 is 0 Å². The second kappa shape index (κ2) is 5.97. The van der Waals surface area contributed by atoms with Crippen molar-refractivity contribution in [3.05, 3.63) is 0 Å². The number of aliphatic hydroxyl groups is 2. The number of hydrogen-bond donors (Lipinski definition) is 2. The van der Waals surface area contributed by atoms with Crippen LogP contribution in [0.4, 0.5) is 0 Å². The molecule has 0 aliphatic carbocycles. The minimum atomic E-state index is -0.655. The SMILES string of the molecule is [O]CC(CO)OCCO. The Labute approximate surface area is 53.7 Å². The molecule has 0 spiro atoms. The fourth-order valence-corrected chi connectivity index (χ4v) is 0.373. The number of rotatable bonds is 5. The Bertz CT molecular complexity index is 52.9. The van der Waals surface area contributed by atoms with Crippen molar-refractivity contribution in [1.29, 1.82) is 0 Å². The highest BCUT2D eigenvalue weighted by Crippen LogP contribution is 1.87. The van der Waals surface area contributed by atoms with Gasteiger partial charge in [-0.25, -0.2) is 5.11 Å². The first-order valence-electron chi connectivity index (χ1n) is 2.76. The molecule has 2 N–H and O–H groups in total. The molecule has 0 aromatic heterocycles. The van der Waals surface area contributed by atoms with Crippen molar-refractivity contribution in [3.63, 3.8) is 0 Å². The van der Waals surface area contributed by atoms with E-state index >= 15 is 0 Å². The van der Waals surface area contributed by atoms with E-state index in [1.807, 2.05) is 0 Å².